The lowest BCUT2D eigenvalue weighted by Crippen LogP contribution is -2.48. The van der Waals surface area contributed by atoms with Crippen molar-refractivity contribution in [1.29, 1.82) is 0 Å². The molecule has 1 aliphatic carbocycles. The number of ether oxygens (including phenoxy) is 1. The number of aliphatic imine (C=N–C) groups is 1. The molecule has 25 heavy (non-hydrogen) atoms. The Balaban J connectivity index is 0.00000312. The molecule has 148 valence electrons. The van der Waals surface area contributed by atoms with E-state index in [1.807, 2.05) is 11.8 Å². The van der Waals surface area contributed by atoms with Crippen LogP contribution in [0.1, 0.15) is 52.4 Å². The second-order valence-corrected chi connectivity index (χ2v) is 8.74. The zero-order chi connectivity index (χ0) is 17.5. The summed E-state index contributed by atoms with van der Waals surface area (Å²) in [6, 6.07) is 0. The van der Waals surface area contributed by atoms with Gasteiger partial charge in [-0.3, -0.25) is 4.99 Å². The van der Waals surface area contributed by atoms with Crippen LogP contribution in [0.5, 0.6) is 0 Å². The summed E-state index contributed by atoms with van der Waals surface area (Å²) >= 11 is 1.93. The first-order chi connectivity index (χ1) is 11.5. The highest BCUT2D eigenvalue weighted by atomic mass is 127. The van der Waals surface area contributed by atoms with Gasteiger partial charge in [0.25, 0.3) is 0 Å². The van der Waals surface area contributed by atoms with Crippen LogP contribution in [-0.4, -0.2) is 61.0 Å². The van der Waals surface area contributed by atoms with Crippen LogP contribution in [0.4, 0.5) is 0 Å². The Morgan fingerprint density at radius 3 is 2.56 bits per heavy atom. The molecule has 7 heteroatoms. The Morgan fingerprint density at radius 1 is 1.24 bits per heavy atom. The number of nitrogens with one attached hydrogen (secondary N) is 2. The lowest BCUT2D eigenvalue weighted by molar-refractivity contribution is 0.00715. The maximum Gasteiger partial charge on any atom is 0.191 e. The molecule has 2 rings (SSSR count). The van der Waals surface area contributed by atoms with Crippen molar-refractivity contribution in [3.05, 3.63) is 0 Å². The fraction of sp³-hybridized carbons (Fsp3) is 0.944. The van der Waals surface area contributed by atoms with Crippen LogP contribution in [0.25, 0.3) is 0 Å². The van der Waals surface area contributed by atoms with Gasteiger partial charge in [0.2, 0.25) is 0 Å². The van der Waals surface area contributed by atoms with Crippen molar-refractivity contribution in [2.75, 3.05) is 39.1 Å². The molecule has 0 bridgehead atoms. The van der Waals surface area contributed by atoms with E-state index < -0.39 is 0 Å². The van der Waals surface area contributed by atoms with Gasteiger partial charge in [-0.25, -0.2) is 0 Å². The van der Waals surface area contributed by atoms with Crippen LogP contribution >= 0.6 is 35.7 Å². The maximum atomic E-state index is 10.4. The summed E-state index contributed by atoms with van der Waals surface area (Å²) in [6.45, 7) is 8.39. The zero-order valence-electron chi connectivity index (χ0n) is 16.0. The van der Waals surface area contributed by atoms with E-state index in [0.717, 1.165) is 64.4 Å². The van der Waals surface area contributed by atoms with Crippen molar-refractivity contribution in [3.63, 3.8) is 0 Å². The molecule has 5 nitrogen and oxygen atoms in total. The molecular weight excluding hydrogens is 449 g/mol. The Kier molecular flexibility index (Phi) is 10.4. The number of nitrogens with zero attached hydrogens (tertiary/aromatic N) is 1. The summed E-state index contributed by atoms with van der Waals surface area (Å²) in [6.07, 6.45) is 8.42. The smallest absolute Gasteiger partial charge is 0.191 e. The molecule has 1 heterocycles. The van der Waals surface area contributed by atoms with E-state index >= 15 is 0 Å². The Morgan fingerprint density at radius 2 is 1.96 bits per heavy atom. The van der Waals surface area contributed by atoms with E-state index in [1.54, 1.807) is 0 Å². The lowest BCUT2D eigenvalue weighted by Gasteiger charge is -2.38. The number of rotatable bonds is 6. The minimum atomic E-state index is -0.231. The van der Waals surface area contributed by atoms with E-state index in [1.165, 1.54) is 6.42 Å². The lowest BCUT2D eigenvalue weighted by atomic mass is 9.73. The average molecular weight is 485 g/mol. The van der Waals surface area contributed by atoms with Gasteiger partial charge in [-0.15, -0.1) is 24.0 Å². The van der Waals surface area contributed by atoms with Crippen LogP contribution in [-0.2, 0) is 4.74 Å². The van der Waals surface area contributed by atoms with Crippen molar-refractivity contribution in [2.45, 2.75) is 63.2 Å². The highest BCUT2D eigenvalue weighted by Gasteiger charge is 2.35. The molecule has 2 aliphatic rings. The van der Waals surface area contributed by atoms with Gasteiger partial charge in [0.15, 0.2) is 5.96 Å². The normalized spacial score (nSPS) is 29.6. The molecule has 0 radical (unpaired) electrons. The predicted molar refractivity (Wildman–Crippen MR) is 118 cm³/mol. The summed E-state index contributed by atoms with van der Waals surface area (Å²) < 4.78 is 5.76. The van der Waals surface area contributed by atoms with Gasteiger partial charge in [0, 0.05) is 36.5 Å². The number of thioether (sulfide) groups is 1. The van der Waals surface area contributed by atoms with E-state index in [4.69, 9.17) is 9.73 Å². The molecule has 2 unspecified atom stereocenters. The van der Waals surface area contributed by atoms with Gasteiger partial charge >= 0.3 is 0 Å². The van der Waals surface area contributed by atoms with Crippen LogP contribution < -0.4 is 10.6 Å². The molecule has 0 aromatic rings. The van der Waals surface area contributed by atoms with E-state index in [2.05, 4.69) is 30.7 Å². The molecule has 0 aromatic carbocycles. The quantitative estimate of drug-likeness (QED) is 0.307. The SMILES string of the molecule is CCNC(=NCC1(C)CCCCC1O)NCC1(SC)CCOCC1.I. The number of aliphatic hydroxyl groups excluding tert-OH is 1. The number of hydrogen-bond acceptors (Lipinski definition) is 4. The standard InChI is InChI=1S/C18H35N3O2S.HI/c1-4-19-16(20-13-17(2)8-6-5-7-15(17)22)21-14-18(24-3)9-11-23-12-10-18;/h15,22H,4-14H2,1-3H3,(H2,19,20,21);1H. The van der Waals surface area contributed by atoms with Gasteiger partial charge in [-0.05, 0) is 38.9 Å². The van der Waals surface area contributed by atoms with Gasteiger partial charge in [-0.2, -0.15) is 11.8 Å². The number of halogens is 1. The predicted octanol–water partition coefficient (Wildman–Crippen LogP) is 3.01. The van der Waals surface area contributed by atoms with Crippen molar-refractivity contribution >= 4 is 41.7 Å². The first-order valence-electron chi connectivity index (χ1n) is 9.37. The molecule has 0 spiro atoms. The molecule has 0 aromatic heterocycles. The van der Waals surface area contributed by atoms with Crippen molar-refractivity contribution in [3.8, 4) is 0 Å². The minimum absolute atomic E-state index is 0. The van der Waals surface area contributed by atoms with Crippen LogP contribution in [0, 0.1) is 5.41 Å². The number of guanidine groups is 1. The van der Waals surface area contributed by atoms with Crippen LogP contribution in [0.15, 0.2) is 4.99 Å². The highest BCUT2D eigenvalue weighted by Crippen LogP contribution is 2.36. The molecule has 2 fully saturated rings. The van der Waals surface area contributed by atoms with Crippen LogP contribution in [0.3, 0.4) is 0 Å². The second kappa shape index (κ2) is 11.2. The summed E-state index contributed by atoms with van der Waals surface area (Å²) in [5, 5.41) is 17.2. The van der Waals surface area contributed by atoms with Gasteiger partial charge in [-0.1, -0.05) is 19.8 Å². The van der Waals surface area contributed by atoms with Crippen molar-refractivity contribution < 1.29 is 9.84 Å². The van der Waals surface area contributed by atoms with Crippen molar-refractivity contribution in [2.24, 2.45) is 10.4 Å². The molecule has 3 N–H and O–H groups in total. The van der Waals surface area contributed by atoms with E-state index in [0.29, 0.717) is 6.54 Å². The van der Waals surface area contributed by atoms with Gasteiger partial charge < -0.3 is 20.5 Å². The topological polar surface area (TPSA) is 65.9 Å². The Bertz CT molecular complexity index is 419. The number of aliphatic hydroxyl groups is 1. The van der Waals surface area contributed by atoms with Crippen molar-refractivity contribution in [1.82, 2.24) is 10.6 Å². The molecule has 2 atom stereocenters. The molecular formula is C18H36IN3O2S. The first kappa shape index (κ1) is 23.3. The molecule has 1 saturated carbocycles. The van der Waals surface area contributed by atoms with Gasteiger partial charge in [0.05, 0.1) is 12.6 Å². The van der Waals surface area contributed by atoms with Crippen LogP contribution in [0.2, 0.25) is 0 Å². The Labute approximate surface area is 174 Å². The third-order valence-electron chi connectivity index (χ3n) is 5.64. The molecule has 1 saturated heterocycles. The van der Waals surface area contributed by atoms with E-state index in [9.17, 15) is 5.11 Å². The molecule has 1 aliphatic heterocycles. The van der Waals surface area contributed by atoms with E-state index in [-0.39, 0.29) is 40.2 Å². The number of hydrogen-bond donors (Lipinski definition) is 3. The van der Waals surface area contributed by atoms with Gasteiger partial charge in [0.1, 0.15) is 0 Å². The summed E-state index contributed by atoms with van der Waals surface area (Å²) in [5.74, 6) is 0.872. The summed E-state index contributed by atoms with van der Waals surface area (Å²) in [5.41, 5.74) is -0.0868. The minimum Gasteiger partial charge on any atom is -0.392 e. The fourth-order valence-corrected chi connectivity index (χ4v) is 4.40. The third kappa shape index (κ3) is 6.74. The first-order valence-corrected chi connectivity index (χ1v) is 10.6. The summed E-state index contributed by atoms with van der Waals surface area (Å²) in [4.78, 5) is 4.80. The average Bonchev–Trinajstić information content (AvgIpc) is 2.61. The fourth-order valence-electron chi connectivity index (χ4n) is 3.61. The Hall–Kier alpha value is 0.270. The zero-order valence-corrected chi connectivity index (χ0v) is 19.1. The highest BCUT2D eigenvalue weighted by molar-refractivity contribution is 14.0. The maximum absolute atomic E-state index is 10.4. The second-order valence-electron chi connectivity index (χ2n) is 7.46. The third-order valence-corrected chi connectivity index (χ3v) is 7.06. The largest absolute Gasteiger partial charge is 0.392 e. The molecule has 0 amide bonds. The summed E-state index contributed by atoms with van der Waals surface area (Å²) in [7, 11) is 0. The monoisotopic (exact) mass is 485 g/mol.